The number of rotatable bonds is 18. The molecule has 1 aliphatic rings. The summed E-state index contributed by atoms with van der Waals surface area (Å²) in [4.78, 5) is 64.1. The van der Waals surface area contributed by atoms with Gasteiger partial charge in [-0.05, 0) is 140 Å². The molecule has 1 saturated heterocycles. The van der Waals surface area contributed by atoms with Gasteiger partial charge in [0.05, 0.1) is 36.1 Å². The standard InChI is InChI=1S/C27H34F3N3O3.C27H32F3N3O3.CH4O/c2*1-5-21-11-7-12-22(31-21)13-8-14-32-15-16-33(25(32)35)23(18-24(34)36-26(2,3)4)19-9-6-10-20(17-19)27(28,29)30;1-2/h6-7,9-12,17,23H,5,8,13-16,18H2,1-4H3;6-7,9-12,15-17,23H,5,8,13-14,18H2,1-4H3;2H,1H3. The SMILES string of the molecule is CCc1cccc(CCCN2CCN(C(CC(=O)OC(C)(C)C)c3cccc(C(F)(F)F)c3)C2=O)n1.CCc1cccc(CCCn2ccn(C(CC(=O)OC(C)(C)C)c3cccc(C(F)(F)F)c3)c2=O)n1.CO. The fourth-order valence-corrected chi connectivity index (χ4v) is 8.26. The van der Waals surface area contributed by atoms with Gasteiger partial charge in [-0.3, -0.25) is 28.7 Å². The molecule has 0 radical (unpaired) electrons. The lowest BCUT2D eigenvalue weighted by atomic mass is 9.99. The molecular weight excluding hydrogens is 971 g/mol. The van der Waals surface area contributed by atoms with Gasteiger partial charge in [-0.15, -0.1) is 0 Å². The Labute approximate surface area is 429 Å². The van der Waals surface area contributed by atoms with E-state index in [0.717, 1.165) is 67.0 Å². The number of carbonyl (C=O) groups excluding carboxylic acids is 3. The summed E-state index contributed by atoms with van der Waals surface area (Å²) in [6.07, 6.45) is -2.04. The number of amides is 2. The molecule has 4 heterocycles. The highest BCUT2D eigenvalue weighted by molar-refractivity contribution is 5.79. The van der Waals surface area contributed by atoms with Gasteiger partial charge < -0.3 is 24.4 Å². The van der Waals surface area contributed by atoms with Crippen molar-refractivity contribution in [3.05, 3.63) is 153 Å². The molecular formula is C55H70F6N6O7. The van der Waals surface area contributed by atoms with Crippen LogP contribution in [0.15, 0.2) is 102 Å². The largest absolute Gasteiger partial charge is 0.460 e. The van der Waals surface area contributed by atoms with Gasteiger partial charge in [0.15, 0.2) is 0 Å². The fourth-order valence-electron chi connectivity index (χ4n) is 8.26. The predicted molar refractivity (Wildman–Crippen MR) is 269 cm³/mol. The van der Waals surface area contributed by atoms with E-state index in [9.17, 15) is 45.5 Å². The molecule has 6 rings (SSSR count). The van der Waals surface area contributed by atoms with Crippen LogP contribution in [-0.4, -0.2) is 89.9 Å². The highest BCUT2D eigenvalue weighted by Gasteiger charge is 2.38. The Morgan fingerprint density at radius 1 is 0.608 bits per heavy atom. The summed E-state index contributed by atoms with van der Waals surface area (Å²) in [5.74, 6) is -1.18. The van der Waals surface area contributed by atoms with Crippen molar-refractivity contribution < 1.29 is 55.3 Å². The second-order valence-electron chi connectivity index (χ2n) is 19.7. The average Bonchev–Trinajstić information content (AvgIpc) is 3.89. The molecule has 2 atom stereocenters. The zero-order valence-corrected chi connectivity index (χ0v) is 43.7. The van der Waals surface area contributed by atoms with E-state index in [1.807, 2.05) is 50.2 Å². The fraction of sp³-hybridized carbons (Fsp3) is 0.491. The Kier molecular flexibility index (Phi) is 21.6. The molecule has 0 bridgehead atoms. The molecule has 0 saturated carbocycles. The van der Waals surface area contributed by atoms with Crippen molar-refractivity contribution in [1.82, 2.24) is 28.9 Å². The number of imidazole rings is 1. The van der Waals surface area contributed by atoms with Crippen molar-refractivity contribution in [2.75, 3.05) is 26.7 Å². The van der Waals surface area contributed by atoms with Gasteiger partial charge in [-0.25, -0.2) is 9.59 Å². The lowest BCUT2D eigenvalue weighted by Gasteiger charge is -2.29. The van der Waals surface area contributed by atoms with Gasteiger partial charge >= 0.3 is 36.0 Å². The number of aromatic nitrogens is 4. The van der Waals surface area contributed by atoms with Crippen molar-refractivity contribution >= 4 is 18.0 Å². The van der Waals surface area contributed by atoms with Gasteiger partial charge in [-0.2, -0.15) is 26.3 Å². The molecule has 2 amide bonds. The van der Waals surface area contributed by atoms with E-state index in [1.54, 1.807) is 52.6 Å². The zero-order valence-electron chi connectivity index (χ0n) is 43.7. The molecule has 2 aromatic carbocycles. The van der Waals surface area contributed by atoms with E-state index >= 15 is 0 Å². The summed E-state index contributed by atoms with van der Waals surface area (Å²) in [5.41, 5.74) is 0.790. The molecule has 1 fully saturated rings. The van der Waals surface area contributed by atoms with Gasteiger partial charge in [0.2, 0.25) is 0 Å². The van der Waals surface area contributed by atoms with Crippen LogP contribution in [0.1, 0.15) is 138 Å². The third kappa shape index (κ3) is 18.5. The first-order valence-electron chi connectivity index (χ1n) is 24.7. The second-order valence-corrected chi connectivity index (χ2v) is 19.7. The number of benzene rings is 2. The molecule has 0 spiro atoms. The number of aryl methyl sites for hydroxylation is 5. The first-order chi connectivity index (χ1) is 34.7. The van der Waals surface area contributed by atoms with Crippen LogP contribution >= 0.6 is 0 Å². The number of esters is 2. The molecule has 0 aliphatic carbocycles. The minimum Gasteiger partial charge on any atom is -0.460 e. The Balaban J connectivity index is 0.000000310. The summed E-state index contributed by atoms with van der Waals surface area (Å²) in [6, 6.07) is 19.2. The molecule has 2 unspecified atom stereocenters. The third-order valence-corrected chi connectivity index (χ3v) is 11.6. The number of urea groups is 1. The minimum atomic E-state index is -4.55. The summed E-state index contributed by atoms with van der Waals surface area (Å²) in [6.45, 7) is 16.0. The molecule has 1 aliphatic heterocycles. The maximum absolute atomic E-state index is 13.4. The van der Waals surface area contributed by atoms with Crippen LogP contribution in [0, 0.1) is 0 Å². The lowest BCUT2D eigenvalue weighted by Crippen LogP contribution is -2.37. The summed E-state index contributed by atoms with van der Waals surface area (Å²) < 4.78 is 93.8. The number of aliphatic hydroxyl groups is 1. The first-order valence-corrected chi connectivity index (χ1v) is 24.7. The van der Waals surface area contributed by atoms with Crippen LogP contribution in [-0.2, 0) is 63.6 Å². The number of nitrogens with zero attached hydrogens (tertiary/aromatic N) is 6. The van der Waals surface area contributed by atoms with Crippen molar-refractivity contribution in [2.24, 2.45) is 0 Å². The molecule has 3 aromatic heterocycles. The molecule has 1 N–H and O–H groups in total. The van der Waals surface area contributed by atoms with Crippen LogP contribution in [0.3, 0.4) is 0 Å². The topological polar surface area (TPSA) is 149 Å². The van der Waals surface area contributed by atoms with Crippen LogP contribution in [0.2, 0.25) is 0 Å². The Morgan fingerprint density at radius 2 is 1.04 bits per heavy atom. The summed E-state index contributed by atoms with van der Waals surface area (Å²) in [7, 11) is 1.00. The van der Waals surface area contributed by atoms with E-state index in [1.165, 1.54) is 44.5 Å². The second kappa shape index (κ2) is 26.6. The van der Waals surface area contributed by atoms with Gasteiger partial charge in [0.1, 0.15) is 11.2 Å². The number of alkyl halides is 6. The minimum absolute atomic E-state index is 0.205. The molecule has 5 aromatic rings. The number of hydrogen-bond acceptors (Lipinski definition) is 9. The molecule has 13 nitrogen and oxygen atoms in total. The van der Waals surface area contributed by atoms with E-state index in [0.29, 0.717) is 51.9 Å². The Hall–Kier alpha value is -6.50. The third-order valence-electron chi connectivity index (χ3n) is 11.6. The normalized spacial score (nSPS) is 13.9. The van der Waals surface area contributed by atoms with Gasteiger partial charge in [0.25, 0.3) is 0 Å². The maximum Gasteiger partial charge on any atom is 0.416 e. The number of ether oxygens (including phenoxy) is 2. The number of aliphatic hydroxyl groups excluding tert-OH is 1. The van der Waals surface area contributed by atoms with E-state index in [-0.39, 0.29) is 30.0 Å². The quantitative estimate of drug-likeness (QED) is 0.0668. The monoisotopic (exact) mass is 1040 g/mol. The van der Waals surface area contributed by atoms with Crippen LogP contribution in [0.4, 0.5) is 31.1 Å². The Bertz CT molecular complexity index is 2670. The van der Waals surface area contributed by atoms with E-state index in [2.05, 4.69) is 9.97 Å². The summed E-state index contributed by atoms with van der Waals surface area (Å²) in [5, 5.41) is 7.00. The lowest BCUT2D eigenvalue weighted by molar-refractivity contribution is -0.157. The molecule has 74 heavy (non-hydrogen) atoms. The van der Waals surface area contributed by atoms with E-state index in [4.69, 9.17) is 14.6 Å². The maximum atomic E-state index is 13.4. The van der Waals surface area contributed by atoms with Crippen molar-refractivity contribution in [3.63, 3.8) is 0 Å². The van der Waals surface area contributed by atoms with E-state index < -0.39 is 64.4 Å². The number of hydrogen-bond donors (Lipinski definition) is 1. The smallest absolute Gasteiger partial charge is 0.416 e. The van der Waals surface area contributed by atoms with Gasteiger partial charge in [0, 0.05) is 68.5 Å². The van der Waals surface area contributed by atoms with Crippen LogP contribution < -0.4 is 5.69 Å². The number of carbonyl (C=O) groups is 3. The highest BCUT2D eigenvalue weighted by atomic mass is 19.4. The van der Waals surface area contributed by atoms with Crippen molar-refractivity contribution in [2.45, 2.75) is 149 Å². The predicted octanol–water partition coefficient (Wildman–Crippen LogP) is 11.0. The van der Waals surface area contributed by atoms with Crippen molar-refractivity contribution in [3.8, 4) is 0 Å². The zero-order chi connectivity index (χ0) is 55.0. The number of halogens is 6. The molecule has 19 heteroatoms. The highest BCUT2D eigenvalue weighted by Crippen LogP contribution is 2.36. The van der Waals surface area contributed by atoms with Crippen LogP contribution in [0.5, 0.6) is 0 Å². The summed E-state index contributed by atoms with van der Waals surface area (Å²) >= 11 is 0. The number of pyridine rings is 2. The Morgan fingerprint density at radius 3 is 1.50 bits per heavy atom. The molecule has 404 valence electrons. The first kappa shape index (κ1) is 60.1. The average molecular weight is 1040 g/mol. The van der Waals surface area contributed by atoms with Gasteiger partial charge in [-0.1, -0.05) is 50.2 Å². The van der Waals surface area contributed by atoms with Crippen LogP contribution in [0.25, 0.3) is 0 Å². The van der Waals surface area contributed by atoms with Crippen molar-refractivity contribution in [1.29, 1.82) is 0 Å².